The lowest BCUT2D eigenvalue weighted by molar-refractivity contribution is 0.00491. The van der Waals surface area contributed by atoms with E-state index < -0.39 is 48.6 Å². The van der Waals surface area contributed by atoms with Gasteiger partial charge in [0.05, 0.1) is 55.9 Å². The highest BCUT2D eigenvalue weighted by molar-refractivity contribution is 5.86. The number of anilines is 4. The molecule has 3 aliphatic carbocycles. The third kappa shape index (κ3) is 8.47. The lowest BCUT2D eigenvalue weighted by atomic mass is 9.91. The molecule has 25 heteroatoms. The maximum absolute atomic E-state index is 11.5. The molecule has 8 heterocycles. The summed E-state index contributed by atoms with van der Waals surface area (Å²) >= 11 is 0. The molecule has 0 radical (unpaired) electrons. The van der Waals surface area contributed by atoms with Gasteiger partial charge in [-0.2, -0.15) is 40.0 Å². The van der Waals surface area contributed by atoms with E-state index in [-0.39, 0.29) is 25.3 Å². The first kappa shape index (κ1) is 46.7. The minimum atomic E-state index is -1.16. The summed E-state index contributed by atoms with van der Waals surface area (Å²) in [5.41, 5.74) is 3.17. The summed E-state index contributed by atoms with van der Waals surface area (Å²) in [5.74, 6) is 2.41. The highest BCUT2D eigenvalue weighted by Gasteiger charge is 2.47. The number of hydrogen-bond donors (Lipinski definition) is 8. The van der Waals surface area contributed by atoms with Gasteiger partial charge in [-0.3, -0.25) is 4.68 Å². The van der Waals surface area contributed by atoms with Crippen molar-refractivity contribution >= 4 is 45.9 Å². The van der Waals surface area contributed by atoms with E-state index in [1.54, 1.807) is 29.6 Å². The fourth-order valence-corrected chi connectivity index (χ4v) is 11.4. The van der Waals surface area contributed by atoms with Crippen LogP contribution in [0.2, 0.25) is 0 Å². The van der Waals surface area contributed by atoms with Gasteiger partial charge < -0.3 is 70.0 Å². The molecule has 376 valence electrons. The molecule has 0 spiro atoms. The van der Waals surface area contributed by atoms with E-state index in [0.29, 0.717) is 82.2 Å². The number of aliphatic hydroxyl groups is 6. The zero-order valence-electron chi connectivity index (χ0n) is 40.0. The maximum Gasteiger partial charge on any atom is 0.229 e. The Hall–Kier alpha value is -5.67. The molecule has 6 aromatic heterocycles. The molecule has 5 aliphatic rings. The van der Waals surface area contributed by atoms with Crippen LogP contribution in [-0.2, 0) is 13.2 Å². The fourth-order valence-electron chi connectivity index (χ4n) is 11.4. The van der Waals surface area contributed by atoms with Crippen molar-refractivity contribution in [1.82, 2.24) is 73.6 Å². The third-order valence-corrected chi connectivity index (χ3v) is 15.7. The number of nitrogens with zero attached hydrogens (tertiary/aromatic N) is 17. The van der Waals surface area contributed by atoms with Crippen molar-refractivity contribution in [2.24, 2.45) is 0 Å². The van der Waals surface area contributed by atoms with Gasteiger partial charge in [0.25, 0.3) is 0 Å². The molecule has 0 bridgehead atoms. The molecule has 11 rings (SSSR count). The zero-order valence-corrected chi connectivity index (χ0v) is 40.0. The predicted octanol–water partition coefficient (Wildman–Crippen LogP) is -0.330. The summed E-state index contributed by atoms with van der Waals surface area (Å²) in [7, 11) is 8.34. The first-order valence-corrected chi connectivity index (χ1v) is 24.6. The van der Waals surface area contributed by atoms with Crippen LogP contribution in [0, 0.1) is 0 Å². The highest BCUT2D eigenvalue weighted by Crippen LogP contribution is 2.42. The molecule has 5 fully saturated rings. The molecule has 10 atom stereocenters. The quantitative estimate of drug-likeness (QED) is 0.0693. The first-order valence-electron chi connectivity index (χ1n) is 24.6. The molecule has 2 saturated heterocycles. The van der Waals surface area contributed by atoms with Gasteiger partial charge in [-0.05, 0) is 85.6 Å². The van der Waals surface area contributed by atoms with Crippen LogP contribution in [0.5, 0.6) is 0 Å². The Morgan fingerprint density at radius 3 is 1.54 bits per heavy atom. The molecule has 2 aliphatic heterocycles. The molecule has 3 saturated carbocycles. The van der Waals surface area contributed by atoms with E-state index in [4.69, 9.17) is 29.9 Å². The Labute approximate surface area is 403 Å². The Kier molecular flexibility index (Phi) is 12.6. The number of aliphatic hydroxyl groups excluding tert-OH is 6. The van der Waals surface area contributed by atoms with Crippen molar-refractivity contribution < 1.29 is 30.6 Å². The topological polar surface area (TPSA) is 294 Å². The number of imidazole rings is 2. The summed E-state index contributed by atoms with van der Waals surface area (Å²) in [4.78, 5) is 40.4. The molecular formula is C45H65N19O6. The second-order valence-electron chi connectivity index (χ2n) is 20.4. The Bertz CT molecular complexity index is 2600. The standard InChI is InChI=1S/C45H65N19O6/c1-57(2)28-10-12-59(18-28)44-51-40(34-42(53-44)61(22-46-34)30-15-32(38(69)36(30)67)63-14-9-26(20-65)55-63)49-24-5-7-25(8-6-24)50-41-35-43(54-45(52-41)60-13-11-29(19-60)58(3)4)62(23-47-35)31-16-33(39(70)37(31)68)64-48-17-27(21-66)56-64/h9,14,17,22-25,28-33,36-39,65-70H,5-8,10-13,15-16,18-21H2,1-4H3,(H,49,51,53)(H,50,52,54)/t24?,25?,28-,29-,30-,31-,32+,33+,36+,37+,38-,39-/m1/s1. The van der Waals surface area contributed by atoms with Crippen LogP contribution >= 0.6 is 0 Å². The average Bonchev–Trinajstić information content (AvgIpc) is 4.22. The number of nitrogens with one attached hydrogen (secondary N) is 2. The van der Waals surface area contributed by atoms with Gasteiger partial charge in [-0.25, -0.2) is 9.97 Å². The largest absolute Gasteiger partial charge is 0.390 e. The van der Waals surface area contributed by atoms with Crippen LogP contribution in [0.4, 0.5) is 23.5 Å². The number of hydrogen-bond acceptors (Lipinski definition) is 21. The molecule has 8 N–H and O–H groups in total. The van der Waals surface area contributed by atoms with Crippen LogP contribution in [0.25, 0.3) is 22.3 Å². The van der Waals surface area contributed by atoms with E-state index in [2.05, 4.69) is 73.7 Å². The highest BCUT2D eigenvalue weighted by atomic mass is 16.3. The summed E-state index contributed by atoms with van der Waals surface area (Å²) < 4.78 is 5.34. The number of likely N-dealkylation sites (N-methyl/N-ethyl adjacent to an activating group) is 2. The van der Waals surface area contributed by atoms with Crippen LogP contribution in [0.3, 0.4) is 0 Å². The Balaban J connectivity index is 0.843. The molecular weight excluding hydrogens is 903 g/mol. The first-order chi connectivity index (χ1) is 33.8. The SMILES string of the molecule is CN(C)[C@@H]1CCN(c2nc(NC3CCC(Nc4nc(N5CC[C@@H](N(C)C)C5)nc5c4ncn5[C@@H]4C[C@H](n5ncc(CO)n5)[C@@H](O)[C@H]4O)CC3)c3ncn([C@@H]4C[C@H](n5ccc(CO)n5)[C@@H](O)[C@H]4O)c3n2)C1. The van der Waals surface area contributed by atoms with Crippen molar-refractivity contribution in [3.8, 4) is 0 Å². The van der Waals surface area contributed by atoms with Crippen molar-refractivity contribution in [3.63, 3.8) is 0 Å². The predicted molar refractivity (Wildman–Crippen MR) is 256 cm³/mol. The Morgan fingerprint density at radius 1 is 0.600 bits per heavy atom. The molecule has 6 aromatic rings. The van der Waals surface area contributed by atoms with Crippen molar-refractivity contribution in [2.45, 2.75) is 137 Å². The average molecular weight is 968 g/mol. The van der Waals surface area contributed by atoms with E-state index in [1.165, 1.54) is 11.0 Å². The summed E-state index contributed by atoms with van der Waals surface area (Å²) in [6.07, 6.45) is 7.93. The van der Waals surface area contributed by atoms with Gasteiger partial charge >= 0.3 is 0 Å². The van der Waals surface area contributed by atoms with Crippen LogP contribution in [0.15, 0.2) is 31.1 Å². The number of aromatic nitrogens is 13. The summed E-state index contributed by atoms with van der Waals surface area (Å²) in [6, 6.07) is 0.295. The van der Waals surface area contributed by atoms with Crippen LogP contribution in [-0.4, -0.2) is 207 Å². The Morgan fingerprint density at radius 2 is 1.09 bits per heavy atom. The lowest BCUT2D eigenvalue weighted by Crippen LogP contribution is -2.34. The van der Waals surface area contributed by atoms with Gasteiger partial charge in [0.15, 0.2) is 34.0 Å². The van der Waals surface area contributed by atoms with Crippen molar-refractivity contribution in [3.05, 3.63) is 42.5 Å². The molecule has 0 aromatic carbocycles. The fraction of sp³-hybridized carbons (Fsp3) is 0.667. The smallest absolute Gasteiger partial charge is 0.229 e. The minimum Gasteiger partial charge on any atom is -0.390 e. The van der Waals surface area contributed by atoms with Gasteiger partial charge in [0.1, 0.15) is 36.2 Å². The van der Waals surface area contributed by atoms with Gasteiger partial charge in [-0.1, -0.05) is 0 Å². The van der Waals surface area contributed by atoms with E-state index >= 15 is 0 Å². The molecule has 25 nitrogen and oxygen atoms in total. The van der Waals surface area contributed by atoms with Gasteiger partial charge in [-0.15, -0.1) is 0 Å². The van der Waals surface area contributed by atoms with Gasteiger partial charge in [0.2, 0.25) is 11.9 Å². The number of rotatable bonds is 14. The monoisotopic (exact) mass is 968 g/mol. The zero-order chi connectivity index (χ0) is 48.5. The second kappa shape index (κ2) is 18.8. The van der Waals surface area contributed by atoms with E-state index in [9.17, 15) is 30.6 Å². The second-order valence-corrected chi connectivity index (χ2v) is 20.4. The van der Waals surface area contributed by atoms with Crippen LogP contribution < -0.4 is 20.4 Å². The molecule has 0 unspecified atom stereocenters. The molecule has 70 heavy (non-hydrogen) atoms. The van der Waals surface area contributed by atoms with E-state index in [0.717, 1.165) is 64.7 Å². The van der Waals surface area contributed by atoms with Crippen LogP contribution in [0.1, 0.15) is 86.9 Å². The summed E-state index contributed by atoms with van der Waals surface area (Å²) in [5, 5.41) is 85.2. The van der Waals surface area contributed by atoms with Crippen molar-refractivity contribution in [2.75, 3.05) is 74.8 Å². The summed E-state index contributed by atoms with van der Waals surface area (Å²) in [6.45, 7) is 2.62. The lowest BCUT2D eigenvalue weighted by Gasteiger charge is -2.31. The molecule has 0 amide bonds. The van der Waals surface area contributed by atoms with Crippen molar-refractivity contribution in [1.29, 1.82) is 0 Å². The maximum atomic E-state index is 11.5. The number of fused-ring (bicyclic) bond motifs is 2. The van der Waals surface area contributed by atoms with Gasteiger partial charge in [0, 0.05) is 56.5 Å². The third-order valence-electron chi connectivity index (χ3n) is 15.7. The van der Waals surface area contributed by atoms with E-state index in [1.807, 2.05) is 9.13 Å². The minimum absolute atomic E-state index is 0.0661. The normalized spacial score (nSPS) is 30.6.